The number of aryl methyl sites for hydroxylation is 1. The van der Waals surface area contributed by atoms with Crippen LogP contribution in [0.3, 0.4) is 0 Å². The standard InChI is InChI=1S/C12H17/c1-9(2)11(4)12-8-6-5-7-10(12)3/h5-9H,1-4H3. The summed E-state index contributed by atoms with van der Waals surface area (Å²) in [5, 5.41) is 0. The van der Waals surface area contributed by atoms with Crippen LogP contribution in [0.1, 0.15) is 31.9 Å². The van der Waals surface area contributed by atoms with E-state index in [2.05, 4.69) is 52.0 Å². The van der Waals surface area contributed by atoms with E-state index in [-0.39, 0.29) is 0 Å². The van der Waals surface area contributed by atoms with Crippen LogP contribution in [0.2, 0.25) is 0 Å². The highest BCUT2D eigenvalue weighted by molar-refractivity contribution is 5.37. The van der Waals surface area contributed by atoms with Gasteiger partial charge in [-0.2, -0.15) is 0 Å². The van der Waals surface area contributed by atoms with Gasteiger partial charge in [-0.15, -0.1) is 0 Å². The lowest BCUT2D eigenvalue weighted by Gasteiger charge is -2.17. The molecule has 0 nitrogen and oxygen atoms in total. The molecule has 1 radical (unpaired) electrons. The van der Waals surface area contributed by atoms with Crippen molar-refractivity contribution in [1.29, 1.82) is 0 Å². The fourth-order valence-corrected chi connectivity index (χ4v) is 1.33. The van der Waals surface area contributed by atoms with E-state index in [0.717, 1.165) is 0 Å². The lowest BCUT2D eigenvalue weighted by Crippen LogP contribution is -2.04. The van der Waals surface area contributed by atoms with Crippen molar-refractivity contribution in [3.05, 3.63) is 41.3 Å². The van der Waals surface area contributed by atoms with Gasteiger partial charge in [0, 0.05) is 5.92 Å². The Labute approximate surface area is 75.6 Å². The molecule has 1 rings (SSSR count). The zero-order chi connectivity index (χ0) is 9.14. The van der Waals surface area contributed by atoms with Gasteiger partial charge in [0.25, 0.3) is 0 Å². The predicted octanol–water partition coefficient (Wildman–Crippen LogP) is 3.59. The number of rotatable bonds is 2. The smallest absolute Gasteiger partial charge is 0.00470 e. The monoisotopic (exact) mass is 161 g/mol. The second-order valence-corrected chi connectivity index (χ2v) is 3.65. The SMILES string of the molecule is C[C](c1ccccc1C)C(C)C. The molecule has 1 aromatic rings. The molecule has 12 heavy (non-hydrogen) atoms. The Kier molecular flexibility index (Phi) is 2.91. The van der Waals surface area contributed by atoms with E-state index in [1.165, 1.54) is 17.0 Å². The number of hydrogen-bond acceptors (Lipinski definition) is 0. The fourth-order valence-electron chi connectivity index (χ4n) is 1.33. The fraction of sp³-hybridized carbons (Fsp3) is 0.417. The predicted molar refractivity (Wildman–Crippen MR) is 54.0 cm³/mol. The van der Waals surface area contributed by atoms with Gasteiger partial charge in [-0.3, -0.25) is 0 Å². The summed E-state index contributed by atoms with van der Waals surface area (Å²) in [6.45, 7) is 8.86. The normalized spacial score (nSPS) is 11.2. The summed E-state index contributed by atoms with van der Waals surface area (Å²) in [7, 11) is 0. The van der Waals surface area contributed by atoms with Crippen LogP contribution in [-0.2, 0) is 0 Å². The van der Waals surface area contributed by atoms with Crippen molar-refractivity contribution >= 4 is 0 Å². The summed E-state index contributed by atoms with van der Waals surface area (Å²) in [5.41, 5.74) is 2.79. The molecule has 0 saturated heterocycles. The van der Waals surface area contributed by atoms with Crippen molar-refractivity contribution in [1.82, 2.24) is 0 Å². The molecule has 0 bridgehead atoms. The van der Waals surface area contributed by atoms with Gasteiger partial charge in [-0.25, -0.2) is 0 Å². The molecule has 0 aliphatic rings. The Balaban J connectivity index is 2.94. The maximum atomic E-state index is 2.24. The van der Waals surface area contributed by atoms with E-state index in [0.29, 0.717) is 5.92 Å². The van der Waals surface area contributed by atoms with Crippen LogP contribution in [0.4, 0.5) is 0 Å². The van der Waals surface area contributed by atoms with Crippen molar-refractivity contribution < 1.29 is 0 Å². The molecule has 0 unspecified atom stereocenters. The molecule has 0 N–H and O–H groups in total. The van der Waals surface area contributed by atoms with Crippen LogP contribution < -0.4 is 0 Å². The van der Waals surface area contributed by atoms with Crippen LogP contribution in [0.15, 0.2) is 24.3 Å². The van der Waals surface area contributed by atoms with Crippen LogP contribution in [0, 0.1) is 18.8 Å². The summed E-state index contributed by atoms with van der Waals surface area (Å²) in [6, 6.07) is 8.56. The zero-order valence-electron chi connectivity index (χ0n) is 8.39. The Morgan fingerprint density at radius 2 is 1.75 bits per heavy atom. The van der Waals surface area contributed by atoms with E-state index in [4.69, 9.17) is 0 Å². The van der Waals surface area contributed by atoms with Crippen molar-refractivity contribution in [3.8, 4) is 0 Å². The molecule has 0 heterocycles. The Bertz CT molecular complexity index is 248. The Morgan fingerprint density at radius 1 is 1.17 bits per heavy atom. The van der Waals surface area contributed by atoms with E-state index in [1.54, 1.807) is 0 Å². The topological polar surface area (TPSA) is 0 Å². The van der Waals surface area contributed by atoms with Gasteiger partial charge in [0.05, 0.1) is 0 Å². The summed E-state index contributed by atoms with van der Waals surface area (Å²) in [6.07, 6.45) is 0. The highest BCUT2D eigenvalue weighted by atomic mass is 14.2. The van der Waals surface area contributed by atoms with Gasteiger partial charge in [-0.05, 0) is 24.0 Å². The average Bonchev–Trinajstić information content (AvgIpc) is 2.04. The van der Waals surface area contributed by atoms with E-state index in [1.807, 2.05) is 0 Å². The Morgan fingerprint density at radius 3 is 2.25 bits per heavy atom. The molecule has 0 aliphatic heterocycles. The first-order valence-electron chi connectivity index (χ1n) is 4.52. The molecular formula is C12H17. The first-order valence-corrected chi connectivity index (χ1v) is 4.52. The van der Waals surface area contributed by atoms with Gasteiger partial charge in [0.1, 0.15) is 0 Å². The summed E-state index contributed by atoms with van der Waals surface area (Å²) in [4.78, 5) is 0. The van der Waals surface area contributed by atoms with E-state index >= 15 is 0 Å². The van der Waals surface area contributed by atoms with Crippen molar-refractivity contribution in [3.63, 3.8) is 0 Å². The highest BCUT2D eigenvalue weighted by Gasteiger charge is 2.11. The molecule has 0 spiro atoms. The second-order valence-electron chi connectivity index (χ2n) is 3.65. The second kappa shape index (κ2) is 3.75. The highest BCUT2D eigenvalue weighted by Crippen LogP contribution is 2.24. The molecule has 0 atom stereocenters. The van der Waals surface area contributed by atoms with Crippen LogP contribution in [-0.4, -0.2) is 0 Å². The largest absolute Gasteiger partial charge is 0.0620 e. The first kappa shape index (κ1) is 9.31. The third kappa shape index (κ3) is 1.88. The van der Waals surface area contributed by atoms with Crippen LogP contribution in [0.5, 0.6) is 0 Å². The Hall–Kier alpha value is -0.780. The third-order valence-electron chi connectivity index (χ3n) is 2.44. The molecule has 0 fully saturated rings. The third-order valence-corrected chi connectivity index (χ3v) is 2.44. The first-order chi connectivity index (χ1) is 5.63. The summed E-state index contributed by atoms with van der Waals surface area (Å²) < 4.78 is 0. The lowest BCUT2D eigenvalue weighted by molar-refractivity contribution is 0.688. The summed E-state index contributed by atoms with van der Waals surface area (Å²) >= 11 is 0. The number of benzene rings is 1. The molecule has 0 aromatic heterocycles. The molecular weight excluding hydrogens is 144 g/mol. The maximum absolute atomic E-state index is 2.24. The molecule has 65 valence electrons. The minimum atomic E-state index is 0.645. The van der Waals surface area contributed by atoms with Gasteiger partial charge >= 0.3 is 0 Å². The van der Waals surface area contributed by atoms with Crippen LogP contribution in [0.25, 0.3) is 0 Å². The van der Waals surface area contributed by atoms with Gasteiger partial charge in [0.2, 0.25) is 0 Å². The molecule has 0 aliphatic carbocycles. The van der Waals surface area contributed by atoms with Gasteiger partial charge in [0.15, 0.2) is 0 Å². The van der Waals surface area contributed by atoms with Gasteiger partial charge in [-0.1, -0.05) is 45.0 Å². The molecule has 0 saturated carbocycles. The number of hydrogen-bond donors (Lipinski definition) is 0. The van der Waals surface area contributed by atoms with Crippen LogP contribution >= 0.6 is 0 Å². The molecule has 0 heteroatoms. The quantitative estimate of drug-likeness (QED) is 0.621. The molecule has 1 aromatic carbocycles. The van der Waals surface area contributed by atoms with Crippen molar-refractivity contribution in [2.75, 3.05) is 0 Å². The molecule has 0 amide bonds. The van der Waals surface area contributed by atoms with E-state index < -0.39 is 0 Å². The van der Waals surface area contributed by atoms with Crippen molar-refractivity contribution in [2.24, 2.45) is 5.92 Å². The van der Waals surface area contributed by atoms with E-state index in [9.17, 15) is 0 Å². The van der Waals surface area contributed by atoms with Crippen molar-refractivity contribution in [2.45, 2.75) is 27.7 Å². The summed E-state index contributed by atoms with van der Waals surface area (Å²) in [5.74, 6) is 2.12. The lowest BCUT2D eigenvalue weighted by atomic mass is 9.88. The average molecular weight is 161 g/mol. The van der Waals surface area contributed by atoms with Gasteiger partial charge < -0.3 is 0 Å². The maximum Gasteiger partial charge on any atom is 0.00470 e. The zero-order valence-corrected chi connectivity index (χ0v) is 8.39. The minimum absolute atomic E-state index is 0.645. The minimum Gasteiger partial charge on any atom is -0.0620 e.